The van der Waals surface area contributed by atoms with E-state index < -0.39 is 24.9 Å². The van der Waals surface area contributed by atoms with Crippen molar-refractivity contribution in [1.29, 1.82) is 0 Å². The summed E-state index contributed by atoms with van der Waals surface area (Å²) in [7, 11) is -0.653. The summed E-state index contributed by atoms with van der Waals surface area (Å²) < 4.78 is 42.5. The molecule has 0 amide bonds. The molecule has 0 bridgehead atoms. The maximum absolute atomic E-state index is 12.8. The summed E-state index contributed by atoms with van der Waals surface area (Å²) in [6, 6.07) is 15.3. The van der Waals surface area contributed by atoms with E-state index in [1.54, 1.807) is 18.2 Å². The summed E-state index contributed by atoms with van der Waals surface area (Å²) in [4.78, 5) is 11.2. The molecule has 1 aliphatic heterocycles. The highest BCUT2D eigenvalue weighted by Crippen LogP contribution is 2.41. The molecule has 0 N–H and O–H groups in total. The van der Waals surface area contributed by atoms with Crippen LogP contribution in [-0.2, 0) is 9.31 Å². The van der Waals surface area contributed by atoms with Crippen LogP contribution in [0.5, 0.6) is 5.75 Å². The van der Waals surface area contributed by atoms with Gasteiger partial charge in [0, 0.05) is 27.2 Å². The first kappa shape index (κ1) is 25.6. The van der Waals surface area contributed by atoms with Gasteiger partial charge in [0.2, 0.25) is 0 Å². The summed E-state index contributed by atoms with van der Waals surface area (Å²) in [5.41, 5.74) is 2.02. The second-order valence-electron chi connectivity index (χ2n) is 9.21. The third-order valence-electron chi connectivity index (χ3n) is 6.49. The molecule has 0 spiro atoms. The molecule has 0 radical (unpaired) electrons. The average molecular weight is 519 g/mol. The highest BCUT2D eigenvalue weighted by Gasteiger charge is 2.52. The molecule has 35 heavy (non-hydrogen) atoms. The highest BCUT2D eigenvalue weighted by molar-refractivity contribution is 6.66. The topological polar surface area (TPSA) is 44.8 Å². The third-order valence-corrected chi connectivity index (χ3v) is 7.32. The maximum Gasteiger partial charge on any atom is 0.496 e. The number of hydrogen-bond donors (Lipinski definition) is 0. The monoisotopic (exact) mass is 518 g/mol. The van der Waals surface area contributed by atoms with Gasteiger partial charge in [0.05, 0.1) is 21.8 Å². The van der Waals surface area contributed by atoms with E-state index in [1.165, 1.54) is 12.1 Å². The molecule has 1 aliphatic rings. The van der Waals surface area contributed by atoms with Crippen molar-refractivity contribution in [3.05, 3.63) is 70.2 Å². The van der Waals surface area contributed by atoms with Gasteiger partial charge in [0.1, 0.15) is 5.75 Å². The van der Waals surface area contributed by atoms with Gasteiger partial charge in [0.25, 0.3) is 0 Å². The second kappa shape index (κ2) is 9.55. The van der Waals surface area contributed by atoms with Gasteiger partial charge in [-0.25, -0.2) is 0 Å². The van der Waals surface area contributed by atoms with Crippen molar-refractivity contribution in [2.45, 2.75) is 45.5 Å². The van der Waals surface area contributed by atoms with Crippen LogP contribution in [-0.4, -0.2) is 31.2 Å². The first-order valence-electron chi connectivity index (χ1n) is 10.9. The number of carbonyl (C=O) groups is 1. The molecule has 0 aromatic heterocycles. The van der Waals surface area contributed by atoms with Gasteiger partial charge >= 0.3 is 13.7 Å². The molecule has 3 aromatic rings. The zero-order valence-electron chi connectivity index (χ0n) is 19.6. The number of alkyl halides is 2. The fraction of sp³-hybridized carbons (Fsp3) is 0.269. The average Bonchev–Trinajstić information content (AvgIpc) is 3.00. The molecule has 0 saturated carbocycles. The number of aldehydes is 1. The lowest BCUT2D eigenvalue weighted by Gasteiger charge is -2.32. The molecule has 3 aromatic carbocycles. The van der Waals surface area contributed by atoms with Crippen molar-refractivity contribution < 1.29 is 27.6 Å². The predicted molar refractivity (Wildman–Crippen MR) is 135 cm³/mol. The van der Waals surface area contributed by atoms with E-state index in [0.717, 1.165) is 0 Å². The van der Waals surface area contributed by atoms with Gasteiger partial charge in [-0.2, -0.15) is 8.78 Å². The number of rotatable bonds is 6. The largest absolute Gasteiger partial charge is 0.496 e. The molecule has 4 rings (SSSR count). The molecule has 4 nitrogen and oxygen atoms in total. The van der Waals surface area contributed by atoms with Gasteiger partial charge in [-0.1, -0.05) is 65.7 Å². The Balaban J connectivity index is 1.77. The number of carbonyl (C=O) groups excluding carboxylic acids is 1. The number of halogens is 4. The van der Waals surface area contributed by atoms with Gasteiger partial charge in [-0.15, -0.1) is 0 Å². The molecule has 0 unspecified atom stereocenters. The lowest BCUT2D eigenvalue weighted by Crippen LogP contribution is -2.41. The number of hydrogen-bond acceptors (Lipinski definition) is 4. The number of benzene rings is 3. The van der Waals surface area contributed by atoms with Crippen molar-refractivity contribution >= 4 is 42.1 Å². The molecule has 0 atom stereocenters. The Labute approximate surface area is 213 Å². The first-order valence-corrected chi connectivity index (χ1v) is 11.7. The minimum absolute atomic E-state index is 0.0134. The van der Waals surface area contributed by atoms with E-state index in [-0.39, 0.29) is 11.3 Å². The van der Waals surface area contributed by atoms with Crippen LogP contribution in [0.1, 0.15) is 38.1 Å². The maximum atomic E-state index is 12.8. The van der Waals surface area contributed by atoms with Gasteiger partial charge in [0.15, 0.2) is 6.29 Å². The van der Waals surface area contributed by atoms with E-state index in [4.69, 9.17) is 32.5 Å². The Hall–Kier alpha value is -2.45. The summed E-state index contributed by atoms with van der Waals surface area (Å²) in [5, 5.41) is 0.797. The van der Waals surface area contributed by atoms with Crippen LogP contribution in [0.3, 0.4) is 0 Å². The first-order chi connectivity index (χ1) is 16.4. The standard InChI is InChI=1S/C26H23BCl2F2O4/c1-25(2)26(3,4)35-27(34-25)20-10-6-9-19(23(20)29)18-8-5-7-17(22(18)28)15-11-12-16(14-32)21(13-15)33-24(30)31/h5-14,24H,1-4H3. The molecule has 9 heteroatoms. The van der Waals surface area contributed by atoms with Crippen LogP contribution in [0.2, 0.25) is 10.0 Å². The van der Waals surface area contributed by atoms with Crippen LogP contribution in [0.25, 0.3) is 22.3 Å². The van der Waals surface area contributed by atoms with E-state index in [0.29, 0.717) is 44.0 Å². The summed E-state index contributed by atoms with van der Waals surface area (Å²) in [6.45, 7) is 4.79. The van der Waals surface area contributed by atoms with Gasteiger partial charge in [-0.3, -0.25) is 4.79 Å². The van der Waals surface area contributed by atoms with Crippen molar-refractivity contribution in [3.8, 4) is 28.0 Å². The molecule has 1 fully saturated rings. The Morgan fingerprint density at radius 2 is 1.46 bits per heavy atom. The quantitative estimate of drug-likeness (QED) is 0.259. The number of ether oxygens (including phenoxy) is 1. The molecule has 182 valence electrons. The van der Waals surface area contributed by atoms with Crippen molar-refractivity contribution in [2.24, 2.45) is 0 Å². The zero-order valence-corrected chi connectivity index (χ0v) is 21.1. The minimum atomic E-state index is -3.07. The molecule has 1 saturated heterocycles. The third kappa shape index (κ3) is 4.83. The molecular weight excluding hydrogens is 496 g/mol. The zero-order chi connectivity index (χ0) is 25.5. The lowest BCUT2D eigenvalue weighted by molar-refractivity contribution is -0.0500. The van der Waals surface area contributed by atoms with Crippen LogP contribution in [0, 0.1) is 0 Å². The Morgan fingerprint density at radius 1 is 0.886 bits per heavy atom. The van der Waals surface area contributed by atoms with Crippen LogP contribution >= 0.6 is 23.2 Å². The Bertz CT molecular complexity index is 1260. The van der Waals surface area contributed by atoms with Gasteiger partial charge < -0.3 is 14.0 Å². The summed E-state index contributed by atoms with van der Waals surface area (Å²) in [5.74, 6) is -0.227. The van der Waals surface area contributed by atoms with Gasteiger partial charge in [-0.05, 0) is 45.4 Å². The van der Waals surface area contributed by atoms with Crippen LogP contribution in [0.4, 0.5) is 8.78 Å². The minimum Gasteiger partial charge on any atom is -0.434 e. The fourth-order valence-corrected chi connectivity index (χ4v) is 4.52. The Kier molecular flexibility index (Phi) is 6.99. The Morgan fingerprint density at radius 3 is 2.06 bits per heavy atom. The second-order valence-corrected chi connectivity index (χ2v) is 9.97. The van der Waals surface area contributed by atoms with Crippen molar-refractivity contribution in [3.63, 3.8) is 0 Å². The summed E-state index contributed by atoms with van der Waals surface area (Å²) in [6.07, 6.45) is 0.459. The lowest BCUT2D eigenvalue weighted by atomic mass is 9.77. The van der Waals surface area contributed by atoms with E-state index in [1.807, 2.05) is 52.0 Å². The van der Waals surface area contributed by atoms with E-state index in [2.05, 4.69) is 4.74 Å². The SMILES string of the molecule is CC1(C)OB(c2cccc(-c3cccc(-c4ccc(C=O)c(OC(F)F)c4)c3Cl)c2Cl)OC1(C)C. The predicted octanol–water partition coefficient (Wildman–Crippen LogP) is 7.04. The van der Waals surface area contributed by atoms with Crippen LogP contribution < -0.4 is 10.2 Å². The van der Waals surface area contributed by atoms with Crippen molar-refractivity contribution in [2.75, 3.05) is 0 Å². The van der Waals surface area contributed by atoms with Crippen molar-refractivity contribution in [1.82, 2.24) is 0 Å². The van der Waals surface area contributed by atoms with E-state index >= 15 is 0 Å². The normalized spacial score (nSPS) is 16.5. The smallest absolute Gasteiger partial charge is 0.434 e. The van der Waals surface area contributed by atoms with E-state index in [9.17, 15) is 13.6 Å². The fourth-order valence-electron chi connectivity index (χ4n) is 3.87. The van der Waals surface area contributed by atoms with Crippen LogP contribution in [0.15, 0.2) is 54.6 Å². The molecular formula is C26H23BCl2F2O4. The highest BCUT2D eigenvalue weighted by atomic mass is 35.5. The molecule has 0 aliphatic carbocycles. The summed E-state index contributed by atoms with van der Waals surface area (Å²) >= 11 is 13.6. The molecule has 1 heterocycles.